The minimum Gasteiger partial charge on any atom is -0.421 e. The van der Waals surface area contributed by atoms with Gasteiger partial charge in [-0.3, -0.25) is 0 Å². The third kappa shape index (κ3) is 3.39. The van der Waals surface area contributed by atoms with E-state index in [9.17, 15) is 4.39 Å². The highest BCUT2D eigenvalue weighted by Crippen LogP contribution is 2.23. The molecule has 0 N–H and O–H groups in total. The summed E-state index contributed by atoms with van der Waals surface area (Å²) in [6, 6.07) is 6.04. The maximum Gasteiger partial charge on any atom is 0.247 e. The number of hydrogen-bond acceptors (Lipinski definition) is 3. The molecule has 0 aliphatic heterocycles. The zero-order valence-corrected chi connectivity index (χ0v) is 10.9. The molecule has 0 spiro atoms. The summed E-state index contributed by atoms with van der Waals surface area (Å²) in [6.07, 6.45) is 1.75. The summed E-state index contributed by atoms with van der Waals surface area (Å²) in [5, 5.41) is 7.99. The first-order valence-electron chi connectivity index (χ1n) is 6.02. The normalized spacial score (nSPS) is 11.8. The van der Waals surface area contributed by atoms with Gasteiger partial charge in [-0.05, 0) is 36.1 Å². The molecule has 2 aromatic rings. The highest BCUT2D eigenvalue weighted by molar-refractivity contribution is 5.51. The molecule has 96 valence electrons. The van der Waals surface area contributed by atoms with Crippen LogP contribution in [0, 0.1) is 11.2 Å². The summed E-state index contributed by atoms with van der Waals surface area (Å²) in [4.78, 5) is 0. The van der Waals surface area contributed by atoms with Gasteiger partial charge in [-0.2, -0.15) is 0 Å². The molecular formula is C14H17FN2O. The third-order valence-corrected chi connectivity index (χ3v) is 2.65. The maximum atomic E-state index is 12.8. The van der Waals surface area contributed by atoms with Crippen LogP contribution in [0.2, 0.25) is 0 Å². The van der Waals surface area contributed by atoms with Crippen molar-refractivity contribution in [2.45, 2.75) is 33.6 Å². The Morgan fingerprint density at radius 2 is 1.78 bits per heavy atom. The quantitative estimate of drug-likeness (QED) is 0.828. The Balaban J connectivity index is 2.08. The third-order valence-electron chi connectivity index (χ3n) is 2.65. The molecule has 0 aliphatic carbocycles. The van der Waals surface area contributed by atoms with Gasteiger partial charge in [0.25, 0.3) is 0 Å². The van der Waals surface area contributed by atoms with Gasteiger partial charge in [0.2, 0.25) is 11.8 Å². The van der Waals surface area contributed by atoms with Gasteiger partial charge < -0.3 is 4.42 Å². The maximum absolute atomic E-state index is 12.8. The second-order valence-corrected chi connectivity index (χ2v) is 5.57. The highest BCUT2D eigenvalue weighted by Gasteiger charge is 2.14. The summed E-state index contributed by atoms with van der Waals surface area (Å²) in [6.45, 7) is 6.51. The predicted molar refractivity (Wildman–Crippen MR) is 67.5 cm³/mol. The van der Waals surface area contributed by atoms with Crippen LogP contribution in [0.5, 0.6) is 0 Å². The molecular weight excluding hydrogens is 231 g/mol. The smallest absolute Gasteiger partial charge is 0.247 e. The molecule has 0 saturated carbocycles. The number of aryl methyl sites for hydroxylation is 1. The Morgan fingerprint density at radius 1 is 1.11 bits per heavy atom. The number of benzene rings is 1. The lowest BCUT2D eigenvalue weighted by molar-refractivity contribution is 0.356. The average Bonchev–Trinajstić information content (AvgIpc) is 2.75. The van der Waals surface area contributed by atoms with Crippen molar-refractivity contribution in [1.82, 2.24) is 10.2 Å². The fourth-order valence-electron chi connectivity index (χ4n) is 1.55. The van der Waals surface area contributed by atoms with Crippen molar-refractivity contribution in [3.05, 3.63) is 36.0 Å². The first kappa shape index (κ1) is 12.7. The lowest BCUT2D eigenvalue weighted by Gasteiger charge is -2.15. The molecule has 0 radical (unpaired) electrons. The van der Waals surface area contributed by atoms with Gasteiger partial charge >= 0.3 is 0 Å². The fourth-order valence-corrected chi connectivity index (χ4v) is 1.55. The molecule has 0 saturated heterocycles. The van der Waals surface area contributed by atoms with Crippen LogP contribution in [0.4, 0.5) is 4.39 Å². The van der Waals surface area contributed by atoms with Gasteiger partial charge in [0.1, 0.15) is 5.82 Å². The summed E-state index contributed by atoms with van der Waals surface area (Å²) >= 11 is 0. The van der Waals surface area contributed by atoms with E-state index in [-0.39, 0.29) is 11.2 Å². The van der Waals surface area contributed by atoms with Gasteiger partial charge in [-0.25, -0.2) is 4.39 Å². The summed E-state index contributed by atoms with van der Waals surface area (Å²) in [7, 11) is 0. The first-order valence-corrected chi connectivity index (χ1v) is 6.02. The van der Waals surface area contributed by atoms with Gasteiger partial charge in [0, 0.05) is 12.0 Å². The molecule has 0 unspecified atom stereocenters. The summed E-state index contributed by atoms with van der Waals surface area (Å²) < 4.78 is 18.4. The number of aromatic nitrogens is 2. The lowest BCUT2D eigenvalue weighted by atomic mass is 9.91. The molecule has 1 aromatic carbocycles. The van der Waals surface area contributed by atoms with Crippen LogP contribution in [-0.2, 0) is 6.42 Å². The van der Waals surface area contributed by atoms with Crippen molar-refractivity contribution < 1.29 is 8.81 Å². The average molecular weight is 248 g/mol. The van der Waals surface area contributed by atoms with Crippen LogP contribution in [0.25, 0.3) is 11.5 Å². The van der Waals surface area contributed by atoms with E-state index < -0.39 is 0 Å². The van der Waals surface area contributed by atoms with Gasteiger partial charge in [0.15, 0.2) is 0 Å². The SMILES string of the molecule is CC(C)(C)CCc1nnc(-c2ccc(F)cc2)o1. The summed E-state index contributed by atoms with van der Waals surface area (Å²) in [5.41, 5.74) is 0.982. The topological polar surface area (TPSA) is 38.9 Å². The Bertz CT molecular complexity index is 511. The zero-order valence-electron chi connectivity index (χ0n) is 10.9. The van der Waals surface area contributed by atoms with Crippen molar-refractivity contribution >= 4 is 0 Å². The molecule has 0 fully saturated rings. The van der Waals surface area contributed by atoms with Crippen LogP contribution in [0.1, 0.15) is 33.1 Å². The van der Waals surface area contributed by atoms with E-state index >= 15 is 0 Å². The van der Waals surface area contributed by atoms with E-state index in [1.54, 1.807) is 12.1 Å². The molecule has 0 bridgehead atoms. The highest BCUT2D eigenvalue weighted by atomic mass is 19.1. The molecule has 0 aliphatic rings. The van der Waals surface area contributed by atoms with E-state index in [1.165, 1.54) is 12.1 Å². The second-order valence-electron chi connectivity index (χ2n) is 5.57. The van der Waals surface area contributed by atoms with E-state index in [4.69, 9.17) is 4.42 Å². The number of hydrogen-bond donors (Lipinski definition) is 0. The van der Waals surface area contributed by atoms with Crippen molar-refractivity contribution in [3.8, 4) is 11.5 Å². The van der Waals surface area contributed by atoms with Gasteiger partial charge in [-0.15, -0.1) is 10.2 Å². The van der Waals surface area contributed by atoms with E-state index in [0.717, 1.165) is 18.4 Å². The van der Waals surface area contributed by atoms with Gasteiger partial charge in [0.05, 0.1) is 0 Å². The molecule has 2 rings (SSSR count). The van der Waals surface area contributed by atoms with Crippen LogP contribution < -0.4 is 0 Å². The molecule has 18 heavy (non-hydrogen) atoms. The molecule has 3 nitrogen and oxygen atoms in total. The van der Waals surface area contributed by atoms with Crippen LogP contribution in [-0.4, -0.2) is 10.2 Å². The Labute approximate surface area is 106 Å². The number of nitrogens with zero attached hydrogens (tertiary/aromatic N) is 2. The molecule has 0 amide bonds. The minimum absolute atomic E-state index is 0.241. The largest absolute Gasteiger partial charge is 0.421 e. The van der Waals surface area contributed by atoms with E-state index in [2.05, 4.69) is 31.0 Å². The Morgan fingerprint density at radius 3 is 2.39 bits per heavy atom. The molecule has 4 heteroatoms. The van der Waals surface area contributed by atoms with Crippen LogP contribution in [0.3, 0.4) is 0 Å². The monoisotopic (exact) mass is 248 g/mol. The predicted octanol–water partition coefficient (Wildman–Crippen LogP) is 3.85. The van der Waals surface area contributed by atoms with E-state index in [1.807, 2.05) is 0 Å². The minimum atomic E-state index is -0.272. The molecule has 1 aromatic heterocycles. The van der Waals surface area contributed by atoms with Crippen molar-refractivity contribution in [3.63, 3.8) is 0 Å². The van der Waals surface area contributed by atoms with Crippen molar-refractivity contribution in [2.75, 3.05) is 0 Å². The number of rotatable bonds is 3. The molecule has 0 atom stereocenters. The first-order chi connectivity index (χ1) is 8.44. The van der Waals surface area contributed by atoms with Crippen LogP contribution >= 0.6 is 0 Å². The number of halogens is 1. The Kier molecular flexibility index (Phi) is 3.45. The lowest BCUT2D eigenvalue weighted by Crippen LogP contribution is -2.06. The molecule has 1 heterocycles. The zero-order chi connectivity index (χ0) is 13.2. The standard InChI is InChI=1S/C14H17FN2O/c1-14(2,3)9-8-12-16-17-13(18-12)10-4-6-11(15)7-5-10/h4-7H,8-9H2,1-3H3. The van der Waals surface area contributed by atoms with Gasteiger partial charge in [-0.1, -0.05) is 20.8 Å². The summed E-state index contributed by atoms with van der Waals surface area (Å²) in [5.74, 6) is 0.800. The van der Waals surface area contributed by atoms with Crippen LogP contribution in [0.15, 0.2) is 28.7 Å². The fraction of sp³-hybridized carbons (Fsp3) is 0.429. The van der Waals surface area contributed by atoms with Crippen molar-refractivity contribution in [2.24, 2.45) is 5.41 Å². The van der Waals surface area contributed by atoms with Crippen molar-refractivity contribution in [1.29, 1.82) is 0 Å². The van der Waals surface area contributed by atoms with E-state index in [0.29, 0.717) is 11.8 Å². The Hall–Kier alpha value is -1.71. The second kappa shape index (κ2) is 4.88.